The highest BCUT2D eigenvalue weighted by Crippen LogP contribution is 2.46. The van der Waals surface area contributed by atoms with Gasteiger partial charge < -0.3 is 10.1 Å². The van der Waals surface area contributed by atoms with Crippen molar-refractivity contribution in [2.45, 2.75) is 22.1 Å². The van der Waals surface area contributed by atoms with Crippen molar-refractivity contribution in [3.63, 3.8) is 0 Å². The molecule has 3 aromatic rings. The molecule has 1 aliphatic rings. The summed E-state index contributed by atoms with van der Waals surface area (Å²) in [4.78, 5) is 13.5. The van der Waals surface area contributed by atoms with Crippen LogP contribution < -0.4 is 10.1 Å². The molecule has 2 heterocycles. The van der Waals surface area contributed by atoms with E-state index in [0.29, 0.717) is 11.4 Å². The Morgan fingerprint density at radius 3 is 2.63 bits per heavy atom. The monoisotopic (exact) mass is 399 g/mol. The van der Waals surface area contributed by atoms with E-state index >= 15 is 0 Å². The number of benzene rings is 2. The van der Waals surface area contributed by atoms with Gasteiger partial charge in [0.1, 0.15) is 10.6 Å². The summed E-state index contributed by atoms with van der Waals surface area (Å²) in [5.41, 5.74) is 1.32. The number of fused-ring (bicyclic) bond motifs is 1. The Balaban J connectivity index is 1.83. The van der Waals surface area contributed by atoms with E-state index in [2.05, 4.69) is 5.32 Å². The van der Waals surface area contributed by atoms with Crippen molar-refractivity contribution in [1.82, 2.24) is 0 Å². The highest BCUT2D eigenvalue weighted by atomic mass is 32.2. The Bertz CT molecular complexity index is 1100. The van der Waals surface area contributed by atoms with Crippen molar-refractivity contribution in [2.24, 2.45) is 0 Å². The van der Waals surface area contributed by atoms with Gasteiger partial charge in [-0.05, 0) is 29.8 Å². The summed E-state index contributed by atoms with van der Waals surface area (Å²) < 4.78 is 31.4. The Morgan fingerprint density at radius 2 is 1.89 bits per heavy atom. The molecule has 1 aromatic heterocycles. The predicted molar refractivity (Wildman–Crippen MR) is 104 cm³/mol. The predicted octanol–water partition coefficient (Wildman–Crippen LogP) is 4.06. The normalized spacial score (nSPS) is 16.5. The van der Waals surface area contributed by atoms with E-state index in [-0.39, 0.29) is 28.0 Å². The minimum Gasteiger partial charge on any atom is -0.497 e. The summed E-state index contributed by atoms with van der Waals surface area (Å²) >= 11 is 1.36. The number of amides is 1. The molecule has 0 saturated heterocycles. The fraction of sp³-hybridized carbons (Fsp3) is 0.150. The summed E-state index contributed by atoms with van der Waals surface area (Å²) in [5.74, 6) is 0.306. The van der Waals surface area contributed by atoms with Crippen LogP contribution in [0, 0.1) is 0 Å². The van der Waals surface area contributed by atoms with E-state index < -0.39 is 9.84 Å². The number of rotatable bonds is 4. The lowest BCUT2D eigenvalue weighted by atomic mass is 9.90. The molecule has 0 radical (unpaired) electrons. The molecule has 138 valence electrons. The molecule has 7 heteroatoms. The number of carbonyl (C=O) groups is 1. The van der Waals surface area contributed by atoms with Crippen LogP contribution in [0.15, 0.2) is 69.8 Å². The van der Waals surface area contributed by atoms with E-state index in [9.17, 15) is 13.2 Å². The SMILES string of the molecule is COc1cccc([C@H]2CC(=O)Nc3c(S(=O)(=O)c4ccccc4)csc32)c1. The Morgan fingerprint density at radius 1 is 1.11 bits per heavy atom. The molecule has 1 N–H and O–H groups in total. The standard InChI is InChI=1S/C20H17NO4S2/c1-25-14-7-5-6-13(10-14)16-11-18(22)21-19-17(12-26-20(16)19)27(23,24)15-8-3-2-4-9-15/h2-10,12,16H,11H2,1H3,(H,21,22)/t16-/m1/s1. The maximum atomic E-state index is 13.1. The fourth-order valence-corrected chi connectivity index (χ4v) is 6.19. The van der Waals surface area contributed by atoms with Crippen molar-refractivity contribution >= 4 is 32.8 Å². The first-order valence-electron chi connectivity index (χ1n) is 8.36. The van der Waals surface area contributed by atoms with Crippen molar-refractivity contribution in [3.05, 3.63) is 70.4 Å². The quantitative estimate of drug-likeness (QED) is 0.718. The molecule has 0 bridgehead atoms. The third kappa shape index (κ3) is 3.13. The zero-order chi connectivity index (χ0) is 19.0. The van der Waals surface area contributed by atoms with Crippen molar-refractivity contribution in [1.29, 1.82) is 0 Å². The second-order valence-electron chi connectivity index (χ2n) is 6.24. The lowest BCUT2D eigenvalue weighted by Crippen LogP contribution is -2.23. The molecule has 27 heavy (non-hydrogen) atoms. The van der Waals surface area contributed by atoms with Gasteiger partial charge in [0.15, 0.2) is 0 Å². The van der Waals surface area contributed by atoms with Crippen LogP contribution in [-0.4, -0.2) is 21.4 Å². The van der Waals surface area contributed by atoms with Gasteiger partial charge in [-0.1, -0.05) is 30.3 Å². The number of sulfone groups is 1. The number of anilines is 1. The first-order valence-corrected chi connectivity index (χ1v) is 10.7. The summed E-state index contributed by atoms with van der Waals surface area (Å²) in [6.45, 7) is 0. The second kappa shape index (κ2) is 6.83. The van der Waals surface area contributed by atoms with E-state index in [1.54, 1.807) is 42.8 Å². The number of hydrogen-bond acceptors (Lipinski definition) is 5. The van der Waals surface area contributed by atoms with Gasteiger partial charge in [-0.25, -0.2) is 8.42 Å². The summed E-state index contributed by atoms with van der Waals surface area (Å²) in [6, 6.07) is 15.8. The lowest BCUT2D eigenvalue weighted by Gasteiger charge is -2.24. The van der Waals surface area contributed by atoms with Crippen LogP contribution in [0.2, 0.25) is 0 Å². The smallest absolute Gasteiger partial charge is 0.225 e. The maximum Gasteiger partial charge on any atom is 0.225 e. The number of ether oxygens (including phenoxy) is 1. The maximum absolute atomic E-state index is 13.1. The number of nitrogens with one attached hydrogen (secondary N) is 1. The van der Waals surface area contributed by atoms with Crippen molar-refractivity contribution in [3.8, 4) is 5.75 Å². The molecule has 5 nitrogen and oxygen atoms in total. The van der Waals surface area contributed by atoms with Gasteiger partial charge in [0, 0.05) is 22.6 Å². The van der Waals surface area contributed by atoms with Gasteiger partial charge in [-0.2, -0.15) is 0 Å². The number of hydrogen-bond donors (Lipinski definition) is 1. The second-order valence-corrected chi connectivity index (χ2v) is 9.07. The minimum atomic E-state index is -3.71. The fourth-order valence-electron chi connectivity index (χ4n) is 3.26. The molecule has 1 amide bonds. The minimum absolute atomic E-state index is 0.148. The van der Waals surface area contributed by atoms with Crippen molar-refractivity contribution < 1.29 is 17.9 Å². The van der Waals surface area contributed by atoms with Crippen molar-refractivity contribution in [2.75, 3.05) is 12.4 Å². The van der Waals surface area contributed by atoms with E-state index in [1.807, 2.05) is 24.3 Å². The molecule has 0 unspecified atom stereocenters. The number of methoxy groups -OCH3 is 1. The molecule has 0 saturated carbocycles. The van der Waals surface area contributed by atoms with Crippen LogP contribution in [0.25, 0.3) is 0 Å². The van der Waals surface area contributed by atoms with Crippen LogP contribution in [0.5, 0.6) is 5.75 Å². The summed E-state index contributed by atoms with van der Waals surface area (Å²) in [7, 11) is -2.12. The molecule has 1 atom stereocenters. The van der Waals surface area contributed by atoms with Crippen LogP contribution in [-0.2, 0) is 14.6 Å². The molecular formula is C20H17NO4S2. The molecular weight excluding hydrogens is 382 g/mol. The number of thiophene rings is 1. The van der Waals surface area contributed by atoms with E-state index in [1.165, 1.54) is 11.3 Å². The van der Waals surface area contributed by atoms with E-state index in [0.717, 1.165) is 10.4 Å². The highest BCUT2D eigenvalue weighted by molar-refractivity contribution is 7.91. The Hall–Kier alpha value is -2.64. The van der Waals surface area contributed by atoms with Gasteiger partial charge >= 0.3 is 0 Å². The first kappa shape index (κ1) is 17.8. The van der Waals surface area contributed by atoms with Gasteiger partial charge in [0.2, 0.25) is 15.7 Å². The van der Waals surface area contributed by atoms with Crippen LogP contribution in [0.3, 0.4) is 0 Å². The zero-order valence-electron chi connectivity index (χ0n) is 14.5. The topological polar surface area (TPSA) is 72.5 Å². The van der Waals surface area contributed by atoms with E-state index in [4.69, 9.17) is 4.74 Å². The van der Waals surface area contributed by atoms with Gasteiger partial charge in [-0.15, -0.1) is 11.3 Å². The van der Waals surface area contributed by atoms with Crippen LogP contribution in [0.1, 0.15) is 22.8 Å². The lowest BCUT2D eigenvalue weighted by molar-refractivity contribution is -0.116. The van der Waals surface area contributed by atoms with Gasteiger partial charge in [-0.3, -0.25) is 4.79 Å². The van der Waals surface area contributed by atoms with Crippen LogP contribution >= 0.6 is 11.3 Å². The third-order valence-electron chi connectivity index (χ3n) is 4.60. The number of carbonyl (C=O) groups excluding carboxylic acids is 1. The molecule has 0 aliphatic carbocycles. The summed E-state index contributed by atoms with van der Waals surface area (Å²) in [5, 5.41) is 4.39. The Kier molecular flexibility index (Phi) is 4.49. The first-order chi connectivity index (χ1) is 13.0. The molecule has 0 fully saturated rings. The molecule has 0 spiro atoms. The summed E-state index contributed by atoms with van der Waals surface area (Å²) in [6.07, 6.45) is 0.269. The molecule has 4 rings (SSSR count). The largest absolute Gasteiger partial charge is 0.497 e. The molecule has 2 aromatic carbocycles. The van der Waals surface area contributed by atoms with Gasteiger partial charge in [0.05, 0.1) is 17.7 Å². The average Bonchev–Trinajstić information content (AvgIpc) is 3.12. The molecule has 1 aliphatic heterocycles. The average molecular weight is 399 g/mol. The van der Waals surface area contributed by atoms with Gasteiger partial charge in [0.25, 0.3) is 0 Å². The Labute approximate surface area is 161 Å². The third-order valence-corrected chi connectivity index (χ3v) is 7.63. The van der Waals surface area contributed by atoms with Crippen LogP contribution in [0.4, 0.5) is 5.69 Å². The zero-order valence-corrected chi connectivity index (χ0v) is 16.1. The highest BCUT2D eigenvalue weighted by Gasteiger charge is 2.34.